The largest absolute Gasteiger partial charge is 0.294 e. The highest BCUT2D eigenvalue weighted by molar-refractivity contribution is 6.00. The lowest BCUT2D eigenvalue weighted by atomic mass is 10.2. The van der Waals surface area contributed by atoms with E-state index in [2.05, 4.69) is 11.2 Å². The van der Waals surface area contributed by atoms with Gasteiger partial charge in [-0.1, -0.05) is 5.92 Å². The first-order chi connectivity index (χ1) is 5.65. The maximum Gasteiger partial charge on any atom is 0.243 e. The summed E-state index contributed by atoms with van der Waals surface area (Å²) in [4.78, 5) is 23.6. The number of terminal acetylenes is 1. The van der Waals surface area contributed by atoms with Crippen LogP contribution < -0.4 is 5.32 Å². The zero-order chi connectivity index (χ0) is 9.14. The smallest absolute Gasteiger partial charge is 0.243 e. The van der Waals surface area contributed by atoms with Crippen molar-refractivity contribution in [1.82, 2.24) is 10.2 Å². The van der Waals surface area contributed by atoms with Crippen LogP contribution in [-0.4, -0.2) is 35.8 Å². The molecule has 0 aromatic carbocycles. The SMILES string of the molecule is C#CCN1CC(=O)NC(=O)C1C. The molecule has 1 fully saturated rings. The van der Waals surface area contributed by atoms with Crippen LogP contribution >= 0.6 is 0 Å². The first-order valence-electron chi connectivity index (χ1n) is 3.66. The van der Waals surface area contributed by atoms with Gasteiger partial charge in [0.15, 0.2) is 0 Å². The van der Waals surface area contributed by atoms with Crippen molar-refractivity contribution in [3.8, 4) is 12.3 Å². The van der Waals surface area contributed by atoms with E-state index in [1.54, 1.807) is 11.8 Å². The van der Waals surface area contributed by atoms with Gasteiger partial charge < -0.3 is 0 Å². The molecule has 1 saturated heterocycles. The molecule has 1 unspecified atom stereocenters. The number of carbonyl (C=O) groups is 2. The molecule has 0 bridgehead atoms. The number of piperazine rings is 1. The Bertz CT molecular complexity index is 254. The normalized spacial score (nSPS) is 24.8. The lowest BCUT2D eigenvalue weighted by Gasteiger charge is -2.29. The molecule has 0 aromatic heterocycles. The lowest BCUT2D eigenvalue weighted by Crippen LogP contribution is -2.56. The molecule has 0 spiro atoms. The molecule has 0 saturated carbocycles. The second-order valence-corrected chi connectivity index (χ2v) is 2.70. The molecule has 12 heavy (non-hydrogen) atoms. The van der Waals surface area contributed by atoms with Crippen molar-refractivity contribution in [2.24, 2.45) is 0 Å². The van der Waals surface area contributed by atoms with Crippen LogP contribution in [0.1, 0.15) is 6.92 Å². The van der Waals surface area contributed by atoms with Gasteiger partial charge in [-0.15, -0.1) is 6.42 Å². The van der Waals surface area contributed by atoms with Crippen molar-refractivity contribution in [1.29, 1.82) is 0 Å². The molecule has 4 heteroatoms. The number of nitrogens with zero attached hydrogens (tertiary/aromatic N) is 1. The van der Waals surface area contributed by atoms with Gasteiger partial charge in [0.25, 0.3) is 0 Å². The predicted octanol–water partition coefficient (Wildman–Crippen LogP) is -1.03. The summed E-state index contributed by atoms with van der Waals surface area (Å²) in [7, 11) is 0. The molecular weight excluding hydrogens is 156 g/mol. The Hall–Kier alpha value is -1.34. The Kier molecular flexibility index (Phi) is 2.46. The summed E-state index contributed by atoms with van der Waals surface area (Å²) < 4.78 is 0. The molecular formula is C8H10N2O2. The standard InChI is InChI=1S/C8H10N2O2/c1-3-4-10-5-7(11)9-8(12)6(10)2/h1,6H,4-5H2,2H3,(H,9,11,12). The molecule has 1 aliphatic rings. The molecule has 1 heterocycles. The second-order valence-electron chi connectivity index (χ2n) is 2.70. The topological polar surface area (TPSA) is 49.4 Å². The van der Waals surface area contributed by atoms with Gasteiger partial charge in [0.1, 0.15) is 0 Å². The summed E-state index contributed by atoms with van der Waals surface area (Å²) >= 11 is 0. The van der Waals surface area contributed by atoms with Crippen LogP contribution in [-0.2, 0) is 9.59 Å². The average Bonchev–Trinajstić information content (AvgIpc) is 2.00. The monoisotopic (exact) mass is 166 g/mol. The number of imide groups is 1. The zero-order valence-corrected chi connectivity index (χ0v) is 6.83. The Morgan fingerprint density at radius 1 is 1.75 bits per heavy atom. The second kappa shape index (κ2) is 3.37. The maximum absolute atomic E-state index is 11.0. The van der Waals surface area contributed by atoms with Gasteiger partial charge in [-0.2, -0.15) is 0 Å². The summed E-state index contributed by atoms with van der Waals surface area (Å²) in [6.07, 6.45) is 5.08. The van der Waals surface area contributed by atoms with E-state index in [0.29, 0.717) is 6.54 Å². The van der Waals surface area contributed by atoms with E-state index in [4.69, 9.17) is 6.42 Å². The molecule has 4 nitrogen and oxygen atoms in total. The van der Waals surface area contributed by atoms with Crippen LogP contribution in [0, 0.1) is 12.3 Å². The van der Waals surface area contributed by atoms with E-state index in [-0.39, 0.29) is 24.4 Å². The third-order valence-corrected chi connectivity index (χ3v) is 1.83. The summed E-state index contributed by atoms with van der Waals surface area (Å²) in [5.41, 5.74) is 0. The Labute approximate surface area is 70.9 Å². The fourth-order valence-electron chi connectivity index (χ4n) is 1.08. The number of hydrogen-bond acceptors (Lipinski definition) is 3. The zero-order valence-electron chi connectivity index (χ0n) is 6.83. The Morgan fingerprint density at radius 3 is 3.00 bits per heavy atom. The number of nitrogens with one attached hydrogen (secondary N) is 1. The molecule has 0 aliphatic carbocycles. The number of carbonyl (C=O) groups excluding carboxylic acids is 2. The highest BCUT2D eigenvalue weighted by Gasteiger charge is 2.29. The molecule has 0 aromatic rings. The van der Waals surface area contributed by atoms with Crippen LogP contribution in [0.3, 0.4) is 0 Å². The minimum Gasteiger partial charge on any atom is -0.294 e. The van der Waals surface area contributed by atoms with E-state index >= 15 is 0 Å². The van der Waals surface area contributed by atoms with Gasteiger partial charge in [-0.3, -0.25) is 19.8 Å². The Balaban J connectivity index is 2.67. The van der Waals surface area contributed by atoms with Crippen LogP contribution in [0.2, 0.25) is 0 Å². The third kappa shape index (κ3) is 1.63. The highest BCUT2D eigenvalue weighted by Crippen LogP contribution is 2.02. The maximum atomic E-state index is 11.0. The quantitative estimate of drug-likeness (QED) is 0.400. The molecule has 1 aliphatic heterocycles. The number of rotatable bonds is 1. The van der Waals surface area contributed by atoms with E-state index in [9.17, 15) is 9.59 Å². The molecule has 64 valence electrons. The van der Waals surface area contributed by atoms with Crippen molar-refractivity contribution >= 4 is 11.8 Å². The first-order valence-corrected chi connectivity index (χ1v) is 3.66. The van der Waals surface area contributed by atoms with E-state index in [1.807, 2.05) is 0 Å². The molecule has 1 N–H and O–H groups in total. The Morgan fingerprint density at radius 2 is 2.42 bits per heavy atom. The van der Waals surface area contributed by atoms with Gasteiger partial charge in [0.2, 0.25) is 11.8 Å². The lowest BCUT2D eigenvalue weighted by molar-refractivity contribution is -0.139. The van der Waals surface area contributed by atoms with Gasteiger partial charge in [-0.25, -0.2) is 0 Å². The molecule has 1 atom stereocenters. The van der Waals surface area contributed by atoms with Crippen molar-refractivity contribution in [2.75, 3.05) is 13.1 Å². The molecule has 2 amide bonds. The van der Waals surface area contributed by atoms with Crippen molar-refractivity contribution in [3.63, 3.8) is 0 Å². The van der Waals surface area contributed by atoms with Crippen LogP contribution in [0.5, 0.6) is 0 Å². The number of hydrogen-bond donors (Lipinski definition) is 1. The van der Waals surface area contributed by atoms with E-state index in [0.717, 1.165) is 0 Å². The van der Waals surface area contributed by atoms with Crippen LogP contribution in [0.4, 0.5) is 0 Å². The third-order valence-electron chi connectivity index (χ3n) is 1.83. The average molecular weight is 166 g/mol. The summed E-state index contributed by atoms with van der Waals surface area (Å²) in [6, 6.07) is -0.307. The van der Waals surface area contributed by atoms with Crippen molar-refractivity contribution in [2.45, 2.75) is 13.0 Å². The minimum absolute atomic E-state index is 0.205. The van der Waals surface area contributed by atoms with Gasteiger partial charge in [-0.05, 0) is 6.92 Å². The summed E-state index contributed by atoms with van der Waals surface area (Å²) in [6.45, 7) is 2.26. The summed E-state index contributed by atoms with van der Waals surface area (Å²) in [5.74, 6) is 1.84. The van der Waals surface area contributed by atoms with Gasteiger partial charge >= 0.3 is 0 Å². The van der Waals surface area contributed by atoms with E-state index in [1.165, 1.54) is 0 Å². The van der Waals surface area contributed by atoms with E-state index < -0.39 is 0 Å². The fourth-order valence-corrected chi connectivity index (χ4v) is 1.08. The predicted molar refractivity (Wildman–Crippen MR) is 43.0 cm³/mol. The van der Waals surface area contributed by atoms with Crippen molar-refractivity contribution in [3.05, 3.63) is 0 Å². The minimum atomic E-state index is -0.307. The molecule has 1 rings (SSSR count). The fraction of sp³-hybridized carbons (Fsp3) is 0.500. The van der Waals surface area contributed by atoms with Gasteiger partial charge in [0.05, 0.1) is 19.1 Å². The highest BCUT2D eigenvalue weighted by atomic mass is 16.2. The first kappa shape index (κ1) is 8.75. The van der Waals surface area contributed by atoms with Gasteiger partial charge in [0, 0.05) is 0 Å². The van der Waals surface area contributed by atoms with Crippen molar-refractivity contribution < 1.29 is 9.59 Å². The summed E-state index contributed by atoms with van der Waals surface area (Å²) in [5, 5.41) is 2.23. The van der Waals surface area contributed by atoms with Crippen LogP contribution in [0.25, 0.3) is 0 Å². The molecule has 0 radical (unpaired) electrons. The number of amides is 2. The van der Waals surface area contributed by atoms with Crippen LogP contribution in [0.15, 0.2) is 0 Å².